The lowest BCUT2D eigenvalue weighted by Gasteiger charge is -2.28. The van der Waals surface area contributed by atoms with Crippen molar-refractivity contribution in [2.24, 2.45) is 0 Å². The molecule has 126 valence electrons. The maximum absolute atomic E-state index is 12.5. The van der Waals surface area contributed by atoms with Crippen LogP contribution in [0.4, 0.5) is 10.7 Å². The molecule has 0 spiro atoms. The van der Waals surface area contributed by atoms with Crippen LogP contribution in [0.2, 0.25) is 0 Å². The number of nitrogens with one attached hydrogen (secondary N) is 2. The molecule has 2 N–H and O–H groups in total. The Morgan fingerprint density at radius 1 is 1.28 bits per heavy atom. The number of para-hydroxylation sites is 1. The second-order valence-corrected chi connectivity index (χ2v) is 6.57. The number of hydrogen-bond donors (Lipinski definition) is 2. The van der Waals surface area contributed by atoms with Crippen LogP contribution in [0, 0.1) is 0 Å². The van der Waals surface area contributed by atoms with E-state index in [9.17, 15) is 9.59 Å². The highest BCUT2D eigenvalue weighted by atomic mass is 32.1. The van der Waals surface area contributed by atoms with Gasteiger partial charge in [-0.1, -0.05) is 18.2 Å². The number of amides is 2. The van der Waals surface area contributed by atoms with Crippen LogP contribution in [0.25, 0.3) is 11.4 Å². The Bertz CT molecular complexity index is 919. The van der Waals surface area contributed by atoms with Crippen molar-refractivity contribution >= 4 is 33.8 Å². The van der Waals surface area contributed by atoms with Gasteiger partial charge in [-0.15, -0.1) is 11.3 Å². The van der Waals surface area contributed by atoms with Gasteiger partial charge in [-0.2, -0.15) is 5.10 Å². The van der Waals surface area contributed by atoms with Crippen LogP contribution >= 0.6 is 11.3 Å². The van der Waals surface area contributed by atoms with E-state index in [1.165, 1.54) is 17.7 Å². The Morgan fingerprint density at radius 2 is 2.16 bits per heavy atom. The minimum atomic E-state index is -0.242. The van der Waals surface area contributed by atoms with Gasteiger partial charge in [0.2, 0.25) is 11.8 Å². The maximum Gasteiger partial charge on any atom is 0.245 e. The lowest BCUT2D eigenvalue weighted by molar-refractivity contribution is -0.121. The first-order valence-electron chi connectivity index (χ1n) is 7.84. The molecule has 1 aromatic carbocycles. The molecule has 0 aliphatic carbocycles. The van der Waals surface area contributed by atoms with Crippen LogP contribution in [0.1, 0.15) is 12.0 Å². The van der Waals surface area contributed by atoms with E-state index in [2.05, 4.69) is 20.5 Å². The molecular formula is C17H15N5O2S. The smallest absolute Gasteiger partial charge is 0.245 e. The summed E-state index contributed by atoms with van der Waals surface area (Å²) < 4.78 is 0. The topological polar surface area (TPSA) is 91.0 Å². The Hall–Kier alpha value is -3.00. The van der Waals surface area contributed by atoms with Crippen LogP contribution in [0.3, 0.4) is 0 Å². The first-order valence-corrected chi connectivity index (χ1v) is 8.71. The zero-order valence-corrected chi connectivity index (χ0v) is 14.0. The number of H-pyrrole nitrogens is 1. The predicted octanol–water partition coefficient (Wildman–Crippen LogP) is 2.45. The molecule has 1 aliphatic rings. The normalized spacial score (nSPS) is 13.6. The van der Waals surface area contributed by atoms with Crippen LogP contribution in [0.15, 0.2) is 42.0 Å². The van der Waals surface area contributed by atoms with E-state index in [4.69, 9.17) is 0 Å². The molecule has 0 atom stereocenters. The van der Waals surface area contributed by atoms with Gasteiger partial charge in [0.05, 0.1) is 5.56 Å². The SMILES string of the molecule is O=C(CN1C(=O)CCc2ccccc21)Nc1sccc1-c1ncn[nH]1. The summed E-state index contributed by atoms with van der Waals surface area (Å²) >= 11 is 1.40. The van der Waals surface area contributed by atoms with Crippen molar-refractivity contribution < 1.29 is 9.59 Å². The van der Waals surface area contributed by atoms with Crippen molar-refractivity contribution in [3.63, 3.8) is 0 Å². The number of aromatic amines is 1. The molecule has 2 amide bonds. The molecule has 25 heavy (non-hydrogen) atoms. The number of anilines is 2. The molecule has 4 rings (SSSR count). The van der Waals surface area contributed by atoms with Crippen molar-refractivity contribution in [1.29, 1.82) is 0 Å². The average molecular weight is 353 g/mol. The molecule has 7 nitrogen and oxygen atoms in total. The van der Waals surface area contributed by atoms with Gasteiger partial charge in [0.15, 0.2) is 5.82 Å². The minimum absolute atomic E-state index is 0.0103. The molecule has 0 unspecified atom stereocenters. The number of carbonyl (C=O) groups is 2. The fraction of sp³-hybridized carbons (Fsp3) is 0.176. The summed E-state index contributed by atoms with van der Waals surface area (Å²) in [6, 6.07) is 9.56. The summed E-state index contributed by atoms with van der Waals surface area (Å²) in [5.74, 6) is 0.319. The summed E-state index contributed by atoms with van der Waals surface area (Å²) in [6.45, 7) is -0.0103. The molecule has 0 radical (unpaired) electrons. The number of aryl methyl sites for hydroxylation is 1. The summed E-state index contributed by atoms with van der Waals surface area (Å²) in [5.41, 5.74) is 2.69. The highest BCUT2D eigenvalue weighted by Gasteiger charge is 2.26. The number of carbonyl (C=O) groups excluding carboxylic acids is 2. The lowest BCUT2D eigenvalue weighted by atomic mass is 10.0. The van der Waals surface area contributed by atoms with E-state index >= 15 is 0 Å². The Balaban J connectivity index is 1.52. The fourth-order valence-corrected chi connectivity index (χ4v) is 3.71. The number of benzene rings is 1. The molecule has 0 saturated carbocycles. The molecule has 2 aromatic heterocycles. The monoisotopic (exact) mass is 353 g/mol. The Kier molecular flexibility index (Phi) is 4.02. The molecule has 8 heteroatoms. The standard InChI is InChI=1S/C17H15N5O2S/c23-14(20-17-12(7-8-25-17)16-18-10-19-21-16)9-22-13-4-2-1-3-11(13)5-6-15(22)24/h1-4,7-8,10H,5-6,9H2,(H,20,23)(H,18,19,21). The molecule has 3 heterocycles. The van der Waals surface area contributed by atoms with Gasteiger partial charge in [-0.25, -0.2) is 4.98 Å². The molecule has 0 saturated heterocycles. The fourth-order valence-electron chi connectivity index (χ4n) is 2.91. The van der Waals surface area contributed by atoms with E-state index in [0.717, 1.165) is 16.8 Å². The van der Waals surface area contributed by atoms with E-state index in [-0.39, 0.29) is 18.4 Å². The van der Waals surface area contributed by atoms with Crippen molar-refractivity contribution in [3.8, 4) is 11.4 Å². The van der Waals surface area contributed by atoms with Crippen molar-refractivity contribution in [2.45, 2.75) is 12.8 Å². The summed E-state index contributed by atoms with van der Waals surface area (Å²) in [4.78, 5) is 30.4. The predicted molar refractivity (Wildman–Crippen MR) is 95.4 cm³/mol. The first kappa shape index (κ1) is 15.5. The van der Waals surface area contributed by atoms with Crippen molar-refractivity contribution in [3.05, 3.63) is 47.6 Å². The van der Waals surface area contributed by atoms with E-state index < -0.39 is 0 Å². The molecular weight excluding hydrogens is 338 g/mol. The third kappa shape index (κ3) is 3.03. The number of fused-ring (bicyclic) bond motifs is 1. The minimum Gasteiger partial charge on any atom is -0.316 e. The number of nitrogens with zero attached hydrogens (tertiary/aromatic N) is 3. The van der Waals surface area contributed by atoms with E-state index in [1.807, 2.05) is 35.7 Å². The lowest BCUT2D eigenvalue weighted by Crippen LogP contribution is -2.40. The summed E-state index contributed by atoms with van der Waals surface area (Å²) in [6.07, 6.45) is 2.56. The van der Waals surface area contributed by atoms with E-state index in [1.54, 1.807) is 4.90 Å². The second kappa shape index (κ2) is 6.48. The van der Waals surface area contributed by atoms with Gasteiger partial charge < -0.3 is 10.2 Å². The number of aromatic nitrogens is 3. The van der Waals surface area contributed by atoms with E-state index in [0.29, 0.717) is 23.7 Å². The average Bonchev–Trinajstić information content (AvgIpc) is 3.28. The Labute approximate surface area is 147 Å². The van der Waals surface area contributed by atoms with Crippen LogP contribution in [-0.2, 0) is 16.0 Å². The Morgan fingerprint density at radius 3 is 3.00 bits per heavy atom. The number of hydrogen-bond acceptors (Lipinski definition) is 5. The quantitative estimate of drug-likeness (QED) is 0.754. The van der Waals surface area contributed by atoms with Gasteiger partial charge in [-0.3, -0.25) is 14.7 Å². The highest BCUT2D eigenvalue weighted by molar-refractivity contribution is 7.15. The van der Waals surface area contributed by atoms with Gasteiger partial charge in [0, 0.05) is 12.1 Å². The first-order chi connectivity index (χ1) is 12.2. The van der Waals surface area contributed by atoms with Gasteiger partial charge in [0.1, 0.15) is 17.9 Å². The third-order valence-corrected chi connectivity index (χ3v) is 4.91. The van der Waals surface area contributed by atoms with Gasteiger partial charge >= 0.3 is 0 Å². The van der Waals surface area contributed by atoms with Crippen molar-refractivity contribution in [1.82, 2.24) is 15.2 Å². The maximum atomic E-state index is 12.5. The van der Waals surface area contributed by atoms with Crippen LogP contribution < -0.4 is 10.2 Å². The number of rotatable bonds is 4. The van der Waals surface area contributed by atoms with Gasteiger partial charge in [-0.05, 0) is 29.5 Å². The molecule has 0 fully saturated rings. The highest BCUT2D eigenvalue weighted by Crippen LogP contribution is 2.31. The third-order valence-electron chi connectivity index (χ3n) is 4.08. The molecule has 0 bridgehead atoms. The van der Waals surface area contributed by atoms with Crippen molar-refractivity contribution in [2.75, 3.05) is 16.8 Å². The van der Waals surface area contributed by atoms with Crippen LogP contribution in [0.5, 0.6) is 0 Å². The molecule has 1 aliphatic heterocycles. The van der Waals surface area contributed by atoms with Crippen LogP contribution in [-0.4, -0.2) is 33.5 Å². The summed E-state index contributed by atoms with van der Waals surface area (Å²) in [5, 5.41) is 12.0. The number of thiophene rings is 1. The second-order valence-electron chi connectivity index (χ2n) is 5.65. The molecule has 3 aromatic rings. The largest absolute Gasteiger partial charge is 0.316 e. The van der Waals surface area contributed by atoms with Gasteiger partial charge in [0.25, 0.3) is 0 Å². The summed E-state index contributed by atoms with van der Waals surface area (Å²) in [7, 11) is 0. The zero-order valence-electron chi connectivity index (χ0n) is 13.2. The zero-order chi connectivity index (χ0) is 17.2.